The molecular weight excluding hydrogens is 356 g/mol. The van der Waals surface area contributed by atoms with Crippen LogP contribution in [0.2, 0.25) is 0 Å². The van der Waals surface area contributed by atoms with Gasteiger partial charge in [-0.3, -0.25) is 4.79 Å². The maximum atomic E-state index is 13.0. The van der Waals surface area contributed by atoms with Crippen LogP contribution in [0.5, 0.6) is 0 Å². The Bertz CT molecular complexity index is 1050. The molecule has 0 saturated carbocycles. The number of hydrogen-bond donors (Lipinski definition) is 1. The molecule has 4 rings (SSSR count). The Morgan fingerprint density at radius 3 is 2.86 bits per heavy atom. The minimum atomic E-state index is -0.742. The van der Waals surface area contributed by atoms with E-state index in [0.29, 0.717) is 23.3 Å². The zero-order valence-corrected chi connectivity index (χ0v) is 15.6. The number of hydrogen-bond acceptors (Lipinski definition) is 5. The minimum Gasteiger partial charge on any atom is -0.348 e. The number of benzene rings is 1. The lowest BCUT2D eigenvalue weighted by molar-refractivity contribution is -0.284. The Morgan fingerprint density at radius 2 is 2.11 bits per heavy atom. The predicted octanol–water partition coefficient (Wildman–Crippen LogP) is 2.83. The van der Waals surface area contributed by atoms with Gasteiger partial charge in [-0.2, -0.15) is 10.4 Å². The van der Waals surface area contributed by atoms with Crippen molar-refractivity contribution in [3.05, 3.63) is 71.5 Å². The van der Waals surface area contributed by atoms with E-state index in [1.165, 1.54) is 6.20 Å². The van der Waals surface area contributed by atoms with Gasteiger partial charge in [0.05, 0.1) is 41.6 Å². The van der Waals surface area contributed by atoms with Crippen molar-refractivity contribution in [2.75, 3.05) is 6.61 Å². The first-order chi connectivity index (χ1) is 13.5. The van der Waals surface area contributed by atoms with Crippen molar-refractivity contribution in [2.45, 2.75) is 31.8 Å². The molecule has 1 saturated heterocycles. The lowest BCUT2D eigenvalue weighted by Crippen LogP contribution is -2.52. The Morgan fingerprint density at radius 1 is 1.32 bits per heavy atom. The van der Waals surface area contributed by atoms with Crippen LogP contribution < -0.4 is 5.32 Å². The van der Waals surface area contributed by atoms with Crippen molar-refractivity contribution in [3.63, 3.8) is 0 Å². The number of carbonyl (C=O) groups excluding carboxylic acids is 1. The Balaban J connectivity index is 1.62. The van der Waals surface area contributed by atoms with Crippen molar-refractivity contribution in [3.8, 4) is 6.07 Å². The van der Waals surface area contributed by atoms with Gasteiger partial charge in [0, 0.05) is 6.20 Å². The fraction of sp³-hybridized carbons (Fsp3) is 0.286. The van der Waals surface area contributed by atoms with Crippen molar-refractivity contribution < 1.29 is 14.3 Å². The van der Waals surface area contributed by atoms with E-state index in [9.17, 15) is 4.79 Å². The van der Waals surface area contributed by atoms with Gasteiger partial charge in [-0.1, -0.05) is 30.3 Å². The number of carbonyl (C=O) groups is 1. The van der Waals surface area contributed by atoms with E-state index in [2.05, 4.69) is 16.5 Å². The number of ether oxygens (including phenoxy) is 2. The lowest BCUT2D eigenvalue weighted by atomic mass is 10.00. The third kappa shape index (κ3) is 3.48. The molecule has 0 radical (unpaired) electrons. The number of nitrogens with zero attached hydrogens (tertiary/aromatic N) is 3. The van der Waals surface area contributed by atoms with Crippen molar-refractivity contribution in [2.24, 2.45) is 0 Å². The van der Waals surface area contributed by atoms with E-state index >= 15 is 0 Å². The smallest absolute Gasteiger partial charge is 0.255 e. The van der Waals surface area contributed by atoms with Crippen LogP contribution >= 0.6 is 0 Å². The summed E-state index contributed by atoms with van der Waals surface area (Å²) < 4.78 is 13.5. The van der Waals surface area contributed by atoms with Gasteiger partial charge in [0.25, 0.3) is 5.91 Å². The predicted molar refractivity (Wildman–Crippen MR) is 101 cm³/mol. The van der Waals surface area contributed by atoms with Gasteiger partial charge < -0.3 is 14.8 Å². The monoisotopic (exact) mass is 376 g/mol. The molecule has 1 N–H and O–H groups in total. The molecule has 0 aliphatic carbocycles. The molecule has 1 aliphatic heterocycles. The number of fused-ring (bicyclic) bond motifs is 1. The standard InChI is InChI=1S/C21H20N4O3/c1-21(2)27-13-17(19(28-21)15-6-4-3-5-7-15)24-20(26)16-12-23-25-9-8-14(11-22)10-18(16)25/h3-10,12,17,19H,13H2,1-2H3,(H,24,26)/t17-,19-/m1/s1. The zero-order valence-electron chi connectivity index (χ0n) is 15.6. The highest BCUT2D eigenvalue weighted by atomic mass is 16.7. The van der Waals surface area contributed by atoms with E-state index in [0.717, 1.165) is 5.56 Å². The van der Waals surface area contributed by atoms with Crippen molar-refractivity contribution >= 4 is 11.4 Å². The highest BCUT2D eigenvalue weighted by molar-refractivity contribution is 6.01. The summed E-state index contributed by atoms with van der Waals surface area (Å²) in [6.07, 6.45) is 2.82. The van der Waals surface area contributed by atoms with E-state index in [4.69, 9.17) is 14.7 Å². The molecule has 1 fully saturated rings. The SMILES string of the molecule is CC1(C)OC[C@@H](NC(=O)c2cnn3ccc(C#N)cc23)[C@@H](c2ccccc2)O1. The highest BCUT2D eigenvalue weighted by Crippen LogP contribution is 2.33. The first kappa shape index (κ1) is 18.2. The molecule has 3 aromatic rings. The highest BCUT2D eigenvalue weighted by Gasteiger charge is 2.38. The average Bonchev–Trinajstić information content (AvgIpc) is 3.13. The van der Waals surface area contributed by atoms with E-state index in [-0.39, 0.29) is 18.1 Å². The summed E-state index contributed by atoms with van der Waals surface area (Å²) >= 11 is 0. The van der Waals surface area contributed by atoms with E-state index in [1.807, 2.05) is 44.2 Å². The summed E-state index contributed by atoms with van der Waals surface area (Å²) in [4.78, 5) is 13.0. The normalized spacial score (nSPS) is 21.2. The number of nitrogens with one attached hydrogen (secondary N) is 1. The van der Waals surface area contributed by atoms with Gasteiger partial charge >= 0.3 is 0 Å². The third-order valence-corrected chi connectivity index (χ3v) is 4.73. The molecule has 2 atom stereocenters. The average molecular weight is 376 g/mol. The number of pyridine rings is 1. The Hall–Kier alpha value is -3.21. The summed E-state index contributed by atoms with van der Waals surface area (Å²) in [6, 6.07) is 14.8. The van der Waals surface area contributed by atoms with Gasteiger partial charge in [-0.15, -0.1) is 0 Å². The van der Waals surface area contributed by atoms with Crippen molar-refractivity contribution in [1.29, 1.82) is 5.26 Å². The first-order valence-corrected chi connectivity index (χ1v) is 9.02. The minimum absolute atomic E-state index is 0.289. The number of nitriles is 1. The second-order valence-corrected chi connectivity index (χ2v) is 7.16. The van der Waals surface area contributed by atoms with Crippen LogP contribution in [0.3, 0.4) is 0 Å². The summed E-state index contributed by atoms with van der Waals surface area (Å²) in [6.45, 7) is 4.03. The van der Waals surface area contributed by atoms with Crippen LogP contribution in [0.15, 0.2) is 54.9 Å². The maximum Gasteiger partial charge on any atom is 0.255 e. The molecule has 1 amide bonds. The molecule has 1 aromatic carbocycles. The molecule has 142 valence electrons. The van der Waals surface area contributed by atoms with Gasteiger partial charge in [0.1, 0.15) is 6.10 Å². The fourth-order valence-electron chi connectivity index (χ4n) is 3.33. The van der Waals surface area contributed by atoms with Crippen LogP contribution in [-0.2, 0) is 9.47 Å². The molecule has 1 aliphatic rings. The number of aromatic nitrogens is 2. The van der Waals surface area contributed by atoms with Gasteiger partial charge in [0.15, 0.2) is 5.79 Å². The maximum absolute atomic E-state index is 13.0. The third-order valence-electron chi connectivity index (χ3n) is 4.73. The Kier molecular flexibility index (Phi) is 4.59. The van der Waals surface area contributed by atoms with E-state index in [1.54, 1.807) is 22.8 Å². The fourth-order valence-corrected chi connectivity index (χ4v) is 3.33. The van der Waals surface area contributed by atoms with Crippen LogP contribution in [0.25, 0.3) is 5.52 Å². The molecule has 3 heterocycles. The molecule has 28 heavy (non-hydrogen) atoms. The van der Waals surface area contributed by atoms with Crippen LogP contribution in [0, 0.1) is 11.3 Å². The largest absolute Gasteiger partial charge is 0.348 e. The van der Waals surface area contributed by atoms with Crippen molar-refractivity contribution in [1.82, 2.24) is 14.9 Å². The van der Waals surface area contributed by atoms with Gasteiger partial charge in [-0.25, -0.2) is 4.52 Å². The molecule has 7 nitrogen and oxygen atoms in total. The molecular formula is C21H20N4O3. The summed E-state index contributed by atoms with van der Waals surface area (Å²) in [5.74, 6) is -1.03. The van der Waals surface area contributed by atoms with Crippen LogP contribution in [0.4, 0.5) is 0 Å². The molecule has 7 heteroatoms. The topological polar surface area (TPSA) is 88.6 Å². The van der Waals surface area contributed by atoms with Gasteiger partial charge in [-0.05, 0) is 31.5 Å². The zero-order chi connectivity index (χ0) is 19.7. The molecule has 0 bridgehead atoms. The second kappa shape index (κ2) is 7.08. The summed E-state index contributed by atoms with van der Waals surface area (Å²) in [5, 5.41) is 16.3. The summed E-state index contributed by atoms with van der Waals surface area (Å²) in [7, 11) is 0. The second-order valence-electron chi connectivity index (χ2n) is 7.16. The first-order valence-electron chi connectivity index (χ1n) is 9.02. The number of rotatable bonds is 3. The quantitative estimate of drug-likeness (QED) is 0.759. The number of amides is 1. The lowest BCUT2D eigenvalue weighted by Gasteiger charge is -2.41. The molecule has 2 aromatic heterocycles. The summed E-state index contributed by atoms with van der Waals surface area (Å²) in [5.41, 5.74) is 2.41. The molecule has 0 unspecified atom stereocenters. The van der Waals surface area contributed by atoms with Crippen LogP contribution in [-0.4, -0.2) is 34.0 Å². The Labute approximate surface area is 162 Å². The van der Waals surface area contributed by atoms with E-state index < -0.39 is 5.79 Å². The van der Waals surface area contributed by atoms with Gasteiger partial charge in [0.2, 0.25) is 0 Å². The van der Waals surface area contributed by atoms with Crippen LogP contribution in [0.1, 0.15) is 41.4 Å². The molecule has 0 spiro atoms.